The fraction of sp³-hybridized carbons (Fsp3) is 0.133. The fourth-order valence-electron chi connectivity index (χ4n) is 1.79. The van der Waals surface area contributed by atoms with Crippen molar-refractivity contribution in [2.75, 3.05) is 0 Å². The first kappa shape index (κ1) is 14.5. The molecule has 0 aromatic heterocycles. The van der Waals surface area contributed by atoms with Crippen LogP contribution in [0.2, 0.25) is 0 Å². The van der Waals surface area contributed by atoms with Gasteiger partial charge in [-0.2, -0.15) is 0 Å². The maximum absolute atomic E-state index is 13.0. The Balaban J connectivity index is 2.04. The number of rotatable bonds is 4. The monoisotopic (exact) mass is 295 g/mol. The van der Waals surface area contributed by atoms with Crippen LogP contribution >= 0.6 is 11.6 Å². The van der Waals surface area contributed by atoms with Gasteiger partial charge >= 0.3 is 0 Å². The molecule has 5 heteroatoms. The Bertz CT molecular complexity index is 611. The van der Waals surface area contributed by atoms with Crippen LogP contribution in [-0.2, 0) is 12.4 Å². The molecule has 2 rings (SSSR count). The first-order valence-corrected chi connectivity index (χ1v) is 6.50. The first-order valence-electron chi connectivity index (χ1n) is 5.96. The van der Waals surface area contributed by atoms with Crippen LogP contribution in [0.25, 0.3) is 0 Å². The van der Waals surface area contributed by atoms with Crippen LogP contribution in [-0.4, -0.2) is 5.91 Å². The van der Waals surface area contributed by atoms with Gasteiger partial charge < -0.3 is 5.32 Å². The van der Waals surface area contributed by atoms with Crippen molar-refractivity contribution in [1.82, 2.24) is 5.32 Å². The summed E-state index contributed by atoms with van der Waals surface area (Å²) in [6.45, 7) is 0.266. The summed E-state index contributed by atoms with van der Waals surface area (Å²) in [5.41, 5.74) is 1.76. The highest BCUT2D eigenvalue weighted by Crippen LogP contribution is 2.10. The second kappa shape index (κ2) is 6.48. The van der Waals surface area contributed by atoms with Crippen molar-refractivity contribution in [2.24, 2.45) is 0 Å². The van der Waals surface area contributed by atoms with Gasteiger partial charge in [0.2, 0.25) is 0 Å². The smallest absolute Gasteiger partial charge is 0.251 e. The maximum atomic E-state index is 13.0. The predicted molar refractivity (Wildman–Crippen MR) is 73.5 cm³/mol. The standard InChI is InChI=1S/C15H12ClF2NO/c16-8-10-2-1-3-11(4-10)9-19-15(20)12-5-13(17)7-14(18)6-12/h1-7H,8-9H2,(H,19,20). The highest BCUT2D eigenvalue weighted by molar-refractivity contribution is 6.17. The van der Waals surface area contributed by atoms with Gasteiger partial charge in [0.05, 0.1) is 0 Å². The molecule has 20 heavy (non-hydrogen) atoms. The normalized spacial score (nSPS) is 10.3. The minimum absolute atomic E-state index is 0.0454. The van der Waals surface area contributed by atoms with E-state index in [4.69, 9.17) is 11.6 Å². The third kappa shape index (κ3) is 3.78. The summed E-state index contributed by atoms with van der Waals surface area (Å²) in [6, 6.07) is 10.1. The van der Waals surface area contributed by atoms with Gasteiger partial charge in [0.1, 0.15) is 11.6 Å². The topological polar surface area (TPSA) is 29.1 Å². The quantitative estimate of drug-likeness (QED) is 0.857. The largest absolute Gasteiger partial charge is 0.348 e. The Labute approximate surface area is 120 Å². The third-order valence-electron chi connectivity index (χ3n) is 2.72. The number of nitrogens with one attached hydrogen (secondary N) is 1. The van der Waals surface area contributed by atoms with Gasteiger partial charge in [-0.05, 0) is 23.3 Å². The van der Waals surface area contributed by atoms with E-state index in [0.29, 0.717) is 5.88 Å². The zero-order valence-electron chi connectivity index (χ0n) is 10.5. The Hall–Kier alpha value is -1.94. The number of hydrogen-bond acceptors (Lipinski definition) is 1. The van der Waals surface area contributed by atoms with Crippen molar-refractivity contribution in [3.8, 4) is 0 Å². The zero-order chi connectivity index (χ0) is 14.5. The van der Waals surface area contributed by atoms with Crippen LogP contribution < -0.4 is 5.32 Å². The number of hydrogen-bond donors (Lipinski definition) is 1. The predicted octanol–water partition coefficient (Wildman–Crippen LogP) is 3.63. The van der Waals surface area contributed by atoms with Crippen molar-refractivity contribution in [3.63, 3.8) is 0 Å². The molecule has 2 aromatic carbocycles. The molecule has 0 fully saturated rings. The van der Waals surface area contributed by atoms with Gasteiger partial charge in [-0.25, -0.2) is 8.78 Å². The van der Waals surface area contributed by atoms with Crippen molar-refractivity contribution >= 4 is 17.5 Å². The van der Waals surface area contributed by atoms with Gasteiger partial charge in [-0.3, -0.25) is 4.79 Å². The zero-order valence-corrected chi connectivity index (χ0v) is 11.3. The lowest BCUT2D eigenvalue weighted by Crippen LogP contribution is -2.23. The van der Waals surface area contributed by atoms with Crippen LogP contribution in [0.4, 0.5) is 8.78 Å². The number of benzene rings is 2. The minimum Gasteiger partial charge on any atom is -0.348 e. The first-order chi connectivity index (χ1) is 9.58. The van der Waals surface area contributed by atoms with Crippen molar-refractivity contribution in [1.29, 1.82) is 0 Å². The van der Waals surface area contributed by atoms with Gasteiger partial charge in [0.15, 0.2) is 0 Å². The Morgan fingerprint density at radius 1 is 1.05 bits per heavy atom. The summed E-state index contributed by atoms with van der Waals surface area (Å²) in [4.78, 5) is 11.8. The molecule has 0 aliphatic carbocycles. The van der Waals surface area contributed by atoms with Crippen LogP contribution in [0, 0.1) is 11.6 Å². The number of alkyl halides is 1. The lowest BCUT2D eigenvalue weighted by molar-refractivity contribution is 0.0950. The molecule has 0 spiro atoms. The molecule has 2 nitrogen and oxygen atoms in total. The molecule has 0 radical (unpaired) electrons. The van der Waals surface area contributed by atoms with E-state index in [1.54, 1.807) is 0 Å². The molecule has 1 amide bonds. The van der Waals surface area contributed by atoms with Crippen molar-refractivity contribution < 1.29 is 13.6 Å². The lowest BCUT2D eigenvalue weighted by Gasteiger charge is -2.07. The van der Waals surface area contributed by atoms with Crippen LogP contribution in [0.5, 0.6) is 0 Å². The molecule has 0 unspecified atom stereocenters. The summed E-state index contributed by atoms with van der Waals surface area (Å²) >= 11 is 5.72. The highest BCUT2D eigenvalue weighted by Gasteiger charge is 2.09. The maximum Gasteiger partial charge on any atom is 0.251 e. The number of carbonyl (C=O) groups excluding carboxylic acids is 1. The lowest BCUT2D eigenvalue weighted by atomic mass is 10.1. The Morgan fingerprint density at radius 3 is 2.35 bits per heavy atom. The van der Waals surface area contributed by atoms with E-state index in [1.165, 1.54) is 0 Å². The molecule has 0 bridgehead atoms. The molecule has 0 atom stereocenters. The summed E-state index contributed by atoms with van der Waals surface area (Å²) in [5, 5.41) is 2.61. The van der Waals surface area contributed by atoms with Crippen LogP contribution in [0.1, 0.15) is 21.5 Å². The molecule has 0 heterocycles. The Kier molecular flexibility index (Phi) is 4.69. The molecule has 1 N–H and O–H groups in total. The Morgan fingerprint density at radius 2 is 1.70 bits per heavy atom. The van der Waals surface area contributed by atoms with Gasteiger partial charge in [-0.15, -0.1) is 11.6 Å². The van der Waals surface area contributed by atoms with Crippen molar-refractivity contribution in [2.45, 2.75) is 12.4 Å². The summed E-state index contributed by atoms with van der Waals surface area (Å²) < 4.78 is 26.0. The number of carbonyl (C=O) groups is 1. The SMILES string of the molecule is O=C(NCc1cccc(CCl)c1)c1cc(F)cc(F)c1. The van der Waals surface area contributed by atoms with E-state index >= 15 is 0 Å². The van der Waals surface area contributed by atoms with Crippen molar-refractivity contribution in [3.05, 3.63) is 70.8 Å². The van der Waals surface area contributed by atoms with E-state index in [-0.39, 0.29) is 12.1 Å². The molecule has 0 saturated carbocycles. The van der Waals surface area contributed by atoms with Crippen LogP contribution in [0.15, 0.2) is 42.5 Å². The average Bonchev–Trinajstić information content (AvgIpc) is 2.44. The van der Waals surface area contributed by atoms with Crippen LogP contribution in [0.3, 0.4) is 0 Å². The molecule has 0 aliphatic heterocycles. The molecular weight excluding hydrogens is 284 g/mol. The van der Waals surface area contributed by atoms with Gasteiger partial charge in [-0.1, -0.05) is 24.3 Å². The minimum atomic E-state index is -0.778. The molecule has 104 valence electrons. The summed E-state index contributed by atoms with van der Waals surface area (Å²) in [7, 11) is 0. The molecular formula is C15H12ClF2NO. The number of amides is 1. The van der Waals surface area contributed by atoms with Gasteiger partial charge in [0, 0.05) is 24.1 Å². The van der Waals surface area contributed by atoms with E-state index in [1.807, 2.05) is 24.3 Å². The second-order valence-corrected chi connectivity index (χ2v) is 4.56. The van der Waals surface area contributed by atoms with E-state index < -0.39 is 17.5 Å². The summed E-state index contributed by atoms with van der Waals surface area (Å²) in [6.07, 6.45) is 0. The molecule has 0 aliphatic rings. The molecule has 0 saturated heterocycles. The summed E-state index contributed by atoms with van der Waals surface area (Å²) in [5.74, 6) is -1.70. The average molecular weight is 296 g/mol. The second-order valence-electron chi connectivity index (χ2n) is 4.29. The third-order valence-corrected chi connectivity index (χ3v) is 3.03. The van der Waals surface area contributed by atoms with E-state index in [9.17, 15) is 13.6 Å². The van der Waals surface area contributed by atoms with E-state index in [0.717, 1.165) is 29.3 Å². The fourth-order valence-corrected chi connectivity index (χ4v) is 1.96. The van der Waals surface area contributed by atoms with Gasteiger partial charge in [0.25, 0.3) is 5.91 Å². The highest BCUT2D eigenvalue weighted by atomic mass is 35.5. The molecule has 2 aromatic rings. The van der Waals surface area contributed by atoms with E-state index in [2.05, 4.69) is 5.32 Å². The number of halogens is 3.